The van der Waals surface area contributed by atoms with Crippen LogP contribution < -0.4 is 4.74 Å². The first-order valence-electron chi connectivity index (χ1n) is 9.23. The number of nitrogens with zero attached hydrogens (tertiary/aromatic N) is 4. The number of carbonyl (C=O) groups is 1. The predicted octanol–water partition coefficient (Wildman–Crippen LogP) is 2.79. The van der Waals surface area contributed by atoms with Crippen molar-refractivity contribution in [3.8, 4) is 5.88 Å². The molecule has 1 saturated heterocycles. The van der Waals surface area contributed by atoms with E-state index in [1.165, 1.54) is 0 Å². The standard InChI is InChI=1S/C20H22N4O3/c1-14-6-7-19(22-21-14)26-13-15-8-10-24(11-9-15)20(25)12-17-16-4-2-3-5-18(16)27-23-17/h2-7,15H,8-13H2,1H3. The van der Waals surface area contributed by atoms with E-state index in [4.69, 9.17) is 9.26 Å². The molecule has 1 aliphatic heterocycles. The Hall–Kier alpha value is -2.96. The Labute approximate surface area is 157 Å². The lowest BCUT2D eigenvalue weighted by molar-refractivity contribution is -0.132. The summed E-state index contributed by atoms with van der Waals surface area (Å²) in [6.07, 6.45) is 2.12. The summed E-state index contributed by atoms with van der Waals surface area (Å²) in [5.74, 6) is 1.07. The first-order chi connectivity index (χ1) is 13.2. The predicted molar refractivity (Wildman–Crippen MR) is 99.3 cm³/mol. The van der Waals surface area contributed by atoms with Gasteiger partial charge in [-0.25, -0.2) is 0 Å². The summed E-state index contributed by atoms with van der Waals surface area (Å²) >= 11 is 0. The second-order valence-corrected chi connectivity index (χ2v) is 6.95. The second kappa shape index (κ2) is 7.73. The number of hydrogen-bond acceptors (Lipinski definition) is 6. The maximum Gasteiger partial charge on any atom is 0.233 e. The average Bonchev–Trinajstić information content (AvgIpc) is 3.11. The quantitative estimate of drug-likeness (QED) is 0.691. The van der Waals surface area contributed by atoms with Crippen molar-refractivity contribution in [3.63, 3.8) is 0 Å². The molecule has 0 radical (unpaired) electrons. The number of piperidine rings is 1. The lowest BCUT2D eigenvalue weighted by atomic mass is 9.97. The van der Waals surface area contributed by atoms with Gasteiger partial charge in [0.1, 0.15) is 5.69 Å². The van der Waals surface area contributed by atoms with E-state index >= 15 is 0 Å². The van der Waals surface area contributed by atoms with Crippen molar-refractivity contribution in [1.82, 2.24) is 20.3 Å². The highest BCUT2D eigenvalue weighted by Gasteiger charge is 2.24. The molecule has 2 aromatic heterocycles. The van der Waals surface area contributed by atoms with E-state index < -0.39 is 0 Å². The first-order valence-corrected chi connectivity index (χ1v) is 9.23. The van der Waals surface area contributed by atoms with Crippen molar-refractivity contribution < 1.29 is 14.1 Å². The SMILES string of the molecule is Cc1ccc(OCC2CCN(C(=O)Cc3noc4ccccc34)CC2)nn1. The minimum atomic E-state index is 0.0952. The molecule has 1 amide bonds. The largest absolute Gasteiger partial charge is 0.476 e. The molecule has 3 heterocycles. The topological polar surface area (TPSA) is 81.4 Å². The third kappa shape index (κ3) is 4.07. The van der Waals surface area contributed by atoms with Crippen LogP contribution in [0.2, 0.25) is 0 Å². The van der Waals surface area contributed by atoms with Gasteiger partial charge in [-0.05, 0) is 43.9 Å². The number of carbonyl (C=O) groups excluding carboxylic acids is 1. The number of hydrogen-bond donors (Lipinski definition) is 0. The molecule has 0 aliphatic carbocycles. The Morgan fingerprint density at radius 1 is 1.19 bits per heavy atom. The molecule has 1 fully saturated rings. The van der Waals surface area contributed by atoms with E-state index in [0.717, 1.165) is 42.6 Å². The fraction of sp³-hybridized carbons (Fsp3) is 0.400. The third-order valence-corrected chi connectivity index (χ3v) is 4.98. The average molecular weight is 366 g/mol. The molecule has 1 aromatic carbocycles. The van der Waals surface area contributed by atoms with Gasteiger partial charge in [0.25, 0.3) is 0 Å². The number of rotatable bonds is 5. The van der Waals surface area contributed by atoms with Gasteiger partial charge < -0.3 is 14.2 Å². The molecular formula is C20H22N4O3. The summed E-state index contributed by atoms with van der Waals surface area (Å²) in [6, 6.07) is 11.3. The van der Waals surface area contributed by atoms with Gasteiger partial charge in [0, 0.05) is 24.5 Å². The molecule has 27 heavy (non-hydrogen) atoms. The monoisotopic (exact) mass is 366 g/mol. The molecule has 140 valence electrons. The molecule has 0 N–H and O–H groups in total. The van der Waals surface area contributed by atoms with E-state index in [1.54, 1.807) is 0 Å². The van der Waals surface area contributed by atoms with Crippen LogP contribution in [-0.2, 0) is 11.2 Å². The highest BCUT2D eigenvalue weighted by molar-refractivity contribution is 5.86. The minimum Gasteiger partial charge on any atom is -0.476 e. The fourth-order valence-electron chi connectivity index (χ4n) is 3.34. The zero-order chi connectivity index (χ0) is 18.6. The number of aromatic nitrogens is 3. The maximum atomic E-state index is 12.6. The number of benzene rings is 1. The minimum absolute atomic E-state index is 0.0952. The number of para-hydroxylation sites is 1. The van der Waals surface area contributed by atoms with Gasteiger partial charge in [-0.2, -0.15) is 5.10 Å². The lowest BCUT2D eigenvalue weighted by Crippen LogP contribution is -2.40. The Bertz CT molecular complexity index is 914. The van der Waals surface area contributed by atoms with E-state index in [0.29, 0.717) is 24.1 Å². The Balaban J connectivity index is 1.27. The summed E-state index contributed by atoms with van der Waals surface area (Å²) in [6.45, 7) is 3.98. The molecule has 4 rings (SSSR count). The van der Waals surface area contributed by atoms with Gasteiger partial charge in [-0.3, -0.25) is 4.79 Å². The van der Waals surface area contributed by atoms with Crippen molar-refractivity contribution in [2.45, 2.75) is 26.2 Å². The Kier molecular flexibility index (Phi) is 5.00. The summed E-state index contributed by atoms with van der Waals surface area (Å²) in [4.78, 5) is 14.5. The van der Waals surface area contributed by atoms with Gasteiger partial charge in [0.2, 0.25) is 11.8 Å². The van der Waals surface area contributed by atoms with Gasteiger partial charge in [0.05, 0.1) is 18.7 Å². The van der Waals surface area contributed by atoms with Crippen LogP contribution in [0.3, 0.4) is 0 Å². The molecule has 0 bridgehead atoms. The maximum absolute atomic E-state index is 12.6. The van der Waals surface area contributed by atoms with Crippen molar-refractivity contribution in [1.29, 1.82) is 0 Å². The van der Waals surface area contributed by atoms with E-state index in [2.05, 4.69) is 15.4 Å². The summed E-state index contributed by atoms with van der Waals surface area (Å²) in [5, 5.41) is 13.0. The molecule has 0 spiro atoms. The van der Waals surface area contributed by atoms with Crippen LogP contribution in [0, 0.1) is 12.8 Å². The Morgan fingerprint density at radius 2 is 2.00 bits per heavy atom. The van der Waals surface area contributed by atoms with Crippen LogP contribution >= 0.6 is 0 Å². The second-order valence-electron chi connectivity index (χ2n) is 6.95. The highest BCUT2D eigenvalue weighted by Crippen LogP contribution is 2.22. The van der Waals surface area contributed by atoms with Crippen molar-refractivity contribution >= 4 is 16.9 Å². The number of likely N-dealkylation sites (tertiary alicyclic amines) is 1. The number of ether oxygens (including phenoxy) is 1. The number of amides is 1. The van der Waals surface area contributed by atoms with Crippen LogP contribution in [-0.4, -0.2) is 45.9 Å². The lowest BCUT2D eigenvalue weighted by Gasteiger charge is -2.31. The van der Waals surface area contributed by atoms with Crippen LogP contribution in [0.5, 0.6) is 5.88 Å². The number of fused-ring (bicyclic) bond motifs is 1. The van der Waals surface area contributed by atoms with E-state index in [-0.39, 0.29) is 12.3 Å². The van der Waals surface area contributed by atoms with E-state index in [9.17, 15) is 4.79 Å². The third-order valence-electron chi connectivity index (χ3n) is 4.98. The van der Waals surface area contributed by atoms with Crippen molar-refractivity contribution in [2.24, 2.45) is 5.92 Å². The van der Waals surface area contributed by atoms with E-state index in [1.807, 2.05) is 48.2 Å². The zero-order valence-corrected chi connectivity index (χ0v) is 15.3. The van der Waals surface area contributed by atoms with Crippen LogP contribution in [0.15, 0.2) is 40.9 Å². The molecule has 0 unspecified atom stereocenters. The summed E-state index contributed by atoms with van der Waals surface area (Å²) in [7, 11) is 0. The molecular weight excluding hydrogens is 344 g/mol. The fourth-order valence-corrected chi connectivity index (χ4v) is 3.34. The van der Waals surface area contributed by atoms with Gasteiger partial charge >= 0.3 is 0 Å². The summed E-state index contributed by atoms with van der Waals surface area (Å²) in [5.41, 5.74) is 2.29. The molecule has 7 heteroatoms. The van der Waals surface area contributed by atoms with Crippen LogP contribution in [0.1, 0.15) is 24.2 Å². The molecule has 3 aromatic rings. The highest BCUT2D eigenvalue weighted by atomic mass is 16.5. The smallest absolute Gasteiger partial charge is 0.233 e. The molecule has 0 saturated carbocycles. The first kappa shape index (κ1) is 17.5. The van der Waals surface area contributed by atoms with Gasteiger partial charge in [0.15, 0.2) is 5.58 Å². The summed E-state index contributed by atoms with van der Waals surface area (Å²) < 4.78 is 11.0. The molecule has 1 aliphatic rings. The molecule has 7 nitrogen and oxygen atoms in total. The van der Waals surface area contributed by atoms with Crippen molar-refractivity contribution in [3.05, 3.63) is 47.8 Å². The normalized spacial score (nSPS) is 15.2. The van der Waals surface area contributed by atoms with Crippen molar-refractivity contribution in [2.75, 3.05) is 19.7 Å². The Morgan fingerprint density at radius 3 is 2.78 bits per heavy atom. The molecule has 0 atom stereocenters. The zero-order valence-electron chi connectivity index (χ0n) is 15.3. The van der Waals surface area contributed by atoms with Gasteiger partial charge in [-0.1, -0.05) is 17.3 Å². The van der Waals surface area contributed by atoms with Crippen LogP contribution in [0.4, 0.5) is 0 Å². The van der Waals surface area contributed by atoms with Gasteiger partial charge in [-0.15, -0.1) is 5.10 Å². The van der Waals surface area contributed by atoms with Crippen LogP contribution in [0.25, 0.3) is 11.0 Å². The number of aryl methyl sites for hydroxylation is 1.